The molecule has 0 saturated heterocycles. The summed E-state index contributed by atoms with van der Waals surface area (Å²) < 4.78 is 8.24. The largest absolute Gasteiger partial charge is 0.375 e. The van der Waals surface area contributed by atoms with E-state index < -0.39 is 0 Å². The fourth-order valence-electron chi connectivity index (χ4n) is 4.61. The molecule has 22 heavy (non-hydrogen) atoms. The summed E-state index contributed by atoms with van der Waals surface area (Å²) in [6.45, 7) is 3.28. The van der Waals surface area contributed by atoms with Crippen molar-refractivity contribution in [3.63, 3.8) is 0 Å². The van der Waals surface area contributed by atoms with Crippen molar-refractivity contribution in [1.82, 2.24) is 4.57 Å². The molecular formula is C19H24N2O. The number of aryl methyl sites for hydroxylation is 1. The molecule has 0 bridgehead atoms. The van der Waals surface area contributed by atoms with E-state index in [1.165, 1.54) is 40.7 Å². The molecule has 0 radical (unpaired) electrons. The number of aromatic nitrogens is 1. The fourth-order valence-corrected chi connectivity index (χ4v) is 4.61. The molecule has 0 amide bonds. The van der Waals surface area contributed by atoms with Gasteiger partial charge in [0, 0.05) is 42.6 Å². The third-order valence-electron chi connectivity index (χ3n) is 5.82. The summed E-state index contributed by atoms with van der Waals surface area (Å²) >= 11 is 0. The lowest BCUT2D eigenvalue weighted by atomic mass is 9.65. The Labute approximate surface area is 132 Å². The fraction of sp³-hybridized carbons (Fsp3) is 0.526. The lowest BCUT2D eigenvalue weighted by Gasteiger charge is -2.43. The van der Waals surface area contributed by atoms with Gasteiger partial charge >= 0.3 is 0 Å². The minimum absolute atomic E-state index is 0.171. The zero-order valence-corrected chi connectivity index (χ0v) is 13.7. The Morgan fingerprint density at radius 2 is 2.18 bits per heavy atom. The Kier molecular flexibility index (Phi) is 3.15. The molecule has 1 aromatic carbocycles. The highest BCUT2D eigenvalue weighted by Gasteiger charge is 2.46. The van der Waals surface area contributed by atoms with Crippen LogP contribution in [0.25, 0.3) is 10.9 Å². The van der Waals surface area contributed by atoms with Crippen molar-refractivity contribution in [2.75, 3.05) is 13.7 Å². The summed E-state index contributed by atoms with van der Waals surface area (Å²) in [5, 5.41) is 1.33. The summed E-state index contributed by atoms with van der Waals surface area (Å²) in [5.74, 6) is 0. The first-order valence-electron chi connectivity index (χ1n) is 8.37. The van der Waals surface area contributed by atoms with Gasteiger partial charge in [0.1, 0.15) is 0 Å². The molecule has 0 saturated carbocycles. The first-order valence-corrected chi connectivity index (χ1v) is 8.37. The molecule has 1 aliphatic carbocycles. The predicted molar refractivity (Wildman–Crippen MR) is 90.6 cm³/mol. The van der Waals surface area contributed by atoms with E-state index in [4.69, 9.17) is 9.73 Å². The molecule has 3 nitrogen and oxygen atoms in total. The van der Waals surface area contributed by atoms with E-state index >= 15 is 0 Å². The highest BCUT2D eigenvalue weighted by molar-refractivity contribution is 6.16. The second kappa shape index (κ2) is 4.95. The summed E-state index contributed by atoms with van der Waals surface area (Å²) in [5.41, 5.74) is 5.51. The van der Waals surface area contributed by atoms with Crippen LogP contribution in [0.1, 0.15) is 50.0 Å². The maximum atomic E-state index is 5.93. The molecule has 1 aliphatic heterocycles. The Balaban J connectivity index is 2.08. The molecule has 1 aromatic heterocycles. The number of ether oxygens (including phenoxy) is 1. The second-order valence-corrected chi connectivity index (χ2v) is 6.73. The van der Waals surface area contributed by atoms with E-state index in [1.54, 1.807) is 0 Å². The van der Waals surface area contributed by atoms with Crippen molar-refractivity contribution < 1.29 is 4.74 Å². The van der Waals surface area contributed by atoms with Gasteiger partial charge in [-0.05, 0) is 31.7 Å². The molecule has 0 unspecified atom stereocenters. The summed E-state index contributed by atoms with van der Waals surface area (Å²) in [6, 6.07) is 8.70. The first-order chi connectivity index (χ1) is 10.7. The Morgan fingerprint density at radius 1 is 1.36 bits per heavy atom. The van der Waals surface area contributed by atoms with E-state index in [0.717, 1.165) is 19.4 Å². The SMILES string of the molecule is CC[C@@]12CCCN=C1c1c(n(C)c3ccccc13)[C@@H](OC)C2. The molecule has 3 heteroatoms. The number of methoxy groups -OCH3 is 1. The second-order valence-electron chi connectivity index (χ2n) is 6.73. The molecule has 2 aliphatic rings. The van der Waals surface area contributed by atoms with Crippen molar-refractivity contribution in [2.24, 2.45) is 17.5 Å². The number of para-hydroxylation sites is 1. The molecule has 0 fully saturated rings. The van der Waals surface area contributed by atoms with Crippen molar-refractivity contribution in [2.45, 2.75) is 38.7 Å². The van der Waals surface area contributed by atoms with Crippen LogP contribution in [0.5, 0.6) is 0 Å². The smallest absolute Gasteiger partial charge is 0.0986 e. The Bertz CT molecular complexity index is 758. The molecule has 2 heterocycles. The van der Waals surface area contributed by atoms with Gasteiger partial charge in [-0.3, -0.25) is 4.99 Å². The van der Waals surface area contributed by atoms with Gasteiger partial charge in [-0.15, -0.1) is 0 Å². The average molecular weight is 296 g/mol. The van der Waals surface area contributed by atoms with Crippen molar-refractivity contribution in [1.29, 1.82) is 0 Å². The lowest BCUT2D eigenvalue weighted by Crippen LogP contribution is -2.41. The monoisotopic (exact) mass is 296 g/mol. The van der Waals surface area contributed by atoms with Crippen LogP contribution >= 0.6 is 0 Å². The quantitative estimate of drug-likeness (QED) is 0.813. The molecule has 0 spiro atoms. The number of nitrogens with zero attached hydrogens (tertiary/aromatic N) is 2. The Morgan fingerprint density at radius 3 is 2.95 bits per heavy atom. The van der Waals surface area contributed by atoms with Crippen LogP contribution in [0.3, 0.4) is 0 Å². The molecule has 4 rings (SSSR count). The van der Waals surface area contributed by atoms with Gasteiger partial charge in [-0.2, -0.15) is 0 Å². The number of aliphatic imine (C=N–C) groups is 1. The highest BCUT2D eigenvalue weighted by Crippen LogP contribution is 2.51. The van der Waals surface area contributed by atoms with Gasteiger partial charge in [0.2, 0.25) is 0 Å². The number of hydrogen-bond acceptors (Lipinski definition) is 2. The Hall–Kier alpha value is -1.61. The highest BCUT2D eigenvalue weighted by atomic mass is 16.5. The van der Waals surface area contributed by atoms with Gasteiger partial charge in [0.25, 0.3) is 0 Å². The van der Waals surface area contributed by atoms with Crippen LogP contribution in [-0.4, -0.2) is 23.9 Å². The summed E-state index contributed by atoms with van der Waals surface area (Å²) in [7, 11) is 4.01. The lowest BCUT2D eigenvalue weighted by molar-refractivity contribution is 0.0543. The van der Waals surface area contributed by atoms with E-state index in [0.29, 0.717) is 0 Å². The van der Waals surface area contributed by atoms with Crippen molar-refractivity contribution in [3.8, 4) is 0 Å². The normalized spacial score (nSPS) is 27.4. The number of fused-ring (bicyclic) bond motifs is 5. The van der Waals surface area contributed by atoms with Crippen LogP contribution in [0.4, 0.5) is 0 Å². The van der Waals surface area contributed by atoms with Crippen LogP contribution < -0.4 is 0 Å². The molecule has 2 aromatic rings. The summed E-state index contributed by atoms with van der Waals surface area (Å²) in [4.78, 5) is 5.02. The van der Waals surface area contributed by atoms with Crippen molar-refractivity contribution >= 4 is 16.6 Å². The van der Waals surface area contributed by atoms with E-state index in [2.05, 4.69) is 42.8 Å². The third-order valence-corrected chi connectivity index (χ3v) is 5.82. The minimum Gasteiger partial charge on any atom is -0.375 e. The molecule has 0 N–H and O–H groups in total. The first kappa shape index (κ1) is 14.0. The molecule has 116 valence electrons. The standard InChI is InChI=1S/C19H24N2O/c1-4-19-10-7-11-20-18(19)16-13-8-5-6-9-14(13)21(2)17(16)15(12-19)22-3/h5-6,8-9,15H,4,7,10-12H2,1-3H3/t15-,19-/m0/s1. The maximum Gasteiger partial charge on any atom is 0.0986 e. The number of rotatable bonds is 2. The number of hydrogen-bond donors (Lipinski definition) is 0. The van der Waals surface area contributed by atoms with Crippen LogP contribution in [-0.2, 0) is 11.8 Å². The van der Waals surface area contributed by atoms with Crippen LogP contribution in [0.2, 0.25) is 0 Å². The zero-order chi connectivity index (χ0) is 15.3. The van der Waals surface area contributed by atoms with Gasteiger partial charge in [0.15, 0.2) is 0 Å². The van der Waals surface area contributed by atoms with Crippen LogP contribution in [0.15, 0.2) is 29.3 Å². The van der Waals surface area contributed by atoms with Crippen LogP contribution in [0, 0.1) is 5.41 Å². The zero-order valence-electron chi connectivity index (χ0n) is 13.7. The van der Waals surface area contributed by atoms with E-state index in [-0.39, 0.29) is 11.5 Å². The van der Waals surface area contributed by atoms with Crippen molar-refractivity contribution in [3.05, 3.63) is 35.5 Å². The van der Waals surface area contributed by atoms with E-state index in [1.807, 2.05) is 7.11 Å². The summed E-state index contributed by atoms with van der Waals surface area (Å²) in [6.07, 6.45) is 4.83. The molecule has 2 atom stereocenters. The predicted octanol–water partition coefficient (Wildman–Crippen LogP) is 4.25. The van der Waals surface area contributed by atoms with Gasteiger partial charge in [-0.25, -0.2) is 0 Å². The topological polar surface area (TPSA) is 26.5 Å². The maximum absolute atomic E-state index is 5.93. The van der Waals surface area contributed by atoms with Gasteiger partial charge < -0.3 is 9.30 Å². The van der Waals surface area contributed by atoms with E-state index in [9.17, 15) is 0 Å². The van der Waals surface area contributed by atoms with Gasteiger partial charge in [0.05, 0.1) is 17.5 Å². The molecular weight excluding hydrogens is 272 g/mol. The number of benzene rings is 1. The average Bonchev–Trinajstić information content (AvgIpc) is 2.88. The van der Waals surface area contributed by atoms with Gasteiger partial charge in [-0.1, -0.05) is 25.1 Å². The third kappa shape index (κ3) is 1.69. The minimum atomic E-state index is 0.171.